The number of nitrogens with zero attached hydrogens (tertiary/aromatic N) is 1. The quantitative estimate of drug-likeness (QED) is 0.757. The molecule has 0 aliphatic carbocycles. The molecule has 3 aromatic rings. The lowest BCUT2D eigenvalue weighted by Crippen LogP contribution is -2.11. The molecule has 2 aromatic carbocycles. The Morgan fingerprint density at radius 1 is 1.20 bits per heavy atom. The second kappa shape index (κ2) is 4.94. The molecule has 4 nitrogen and oxygen atoms in total. The Hall–Kier alpha value is -2.40. The first-order valence-electron chi connectivity index (χ1n) is 6.17. The van der Waals surface area contributed by atoms with Gasteiger partial charge in [0.1, 0.15) is 4.88 Å². The van der Waals surface area contributed by atoms with Gasteiger partial charge in [-0.05, 0) is 18.4 Å². The van der Waals surface area contributed by atoms with Crippen LogP contribution >= 0.6 is 11.3 Å². The topological polar surface area (TPSA) is 68.0 Å². The molecule has 0 aliphatic rings. The summed E-state index contributed by atoms with van der Waals surface area (Å²) in [7, 11) is 0. The van der Waals surface area contributed by atoms with Crippen molar-refractivity contribution in [2.75, 3.05) is 11.1 Å². The number of hydrogen-bond acceptors (Lipinski definition) is 4. The summed E-state index contributed by atoms with van der Waals surface area (Å²) in [6, 6.07) is 13.8. The van der Waals surface area contributed by atoms with Gasteiger partial charge >= 0.3 is 0 Å². The Labute approximate surface area is 120 Å². The number of amides is 1. The second-order valence-electron chi connectivity index (χ2n) is 4.45. The van der Waals surface area contributed by atoms with E-state index in [1.54, 1.807) is 6.92 Å². The first-order valence-corrected chi connectivity index (χ1v) is 6.99. The summed E-state index contributed by atoms with van der Waals surface area (Å²) in [5.41, 5.74) is 7.08. The van der Waals surface area contributed by atoms with Gasteiger partial charge in [0.05, 0.1) is 5.69 Å². The lowest BCUT2D eigenvalue weighted by atomic mass is 10.1. The van der Waals surface area contributed by atoms with Crippen LogP contribution in [0.5, 0.6) is 0 Å². The third-order valence-corrected chi connectivity index (χ3v) is 4.04. The summed E-state index contributed by atoms with van der Waals surface area (Å²) in [6.07, 6.45) is 0. The van der Waals surface area contributed by atoms with Crippen molar-refractivity contribution in [1.82, 2.24) is 4.98 Å². The first-order chi connectivity index (χ1) is 9.65. The number of aryl methyl sites for hydroxylation is 1. The zero-order chi connectivity index (χ0) is 14.1. The molecule has 3 N–H and O–H groups in total. The van der Waals surface area contributed by atoms with Crippen LogP contribution < -0.4 is 11.1 Å². The van der Waals surface area contributed by atoms with Gasteiger partial charge in [0, 0.05) is 11.1 Å². The number of rotatable bonds is 2. The van der Waals surface area contributed by atoms with Crippen molar-refractivity contribution in [2.45, 2.75) is 6.92 Å². The molecule has 0 radical (unpaired) electrons. The summed E-state index contributed by atoms with van der Waals surface area (Å²) in [5, 5.41) is 5.44. The number of aromatic nitrogens is 1. The minimum absolute atomic E-state index is 0.173. The maximum atomic E-state index is 12.3. The molecule has 3 rings (SSSR count). The van der Waals surface area contributed by atoms with Gasteiger partial charge < -0.3 is 11.1 Å². The number of hydrogen-bond donors (Lipinski definition) is 2. The molecule has 20 heavy (non-hydrogen) atoms. The normalized spacial score (nSPS) is 10.7. The van der Waals surface area contributed by atoms with Gasteiger partial charge in [-0.25, -0.2) is 4.98 Å². The van der Waals surface area contributed by atoms with E-state index in [0.29, 0.717) is 15.7 Å². The highest BCUT2D eigenvalue weighted by Gasteiger charge is 2.15. The maximum absolute atomic E-state index is 12.3. The number of carbonyl (C=O) groups is 1. The lowest BCUT2D eigenvalue weighted by molar-refractivity contribution is 0.103. The van der Waals surface area contributed by atoms with E-state index in [0.717, 1.165) is 16.5 Å². The molecule has 1 heterocycles. The summed E-state index contributed by atoms with van der Waals surface area (Å²) in [6.45, 7) is 1.78. The van der Waals surface area contributed by atoms with Gasteiger partial charge in [-0.15, -0.1) is 0 Å². The van der Waals surface area contributed by atoms with E-state index in [1.165, 1.54) is 11.3 Å². The monoisotopic (exact) mass is 283 g/mol. The minimum atomic E-state index is -0.173. The Kier molecular flexibility index (Phi) is 3.12. The fourth-order valence-electron chi connectivity index (χ4n) is 2.14. The third kappa shape index (κ3) is 2.23. The van der Waals surface area contributed by atoms with Crippen LogP contribution in [-0.2, 0) is 0 Å². The number of thiazole rings is 1. The Morgan fingerprint density at radius 3 is 2.70 bits per heavy atom. The molecular formula is C15H13N3OS. The highest BCUT2D eigenvalue weighted by atomic mass is 32.1. The third-order valence-electron chi connectivity index (χ3n) is 3.06. The average Bonchev–Trinajstić information content (AvgIpc) is 2.78. The van der Waals surface area contributed by atoms with Gasteiger partial charge in [-0.3, -0.25) is 4.79 Å². The standard InChI is InChI=1S/C15H13N3OS/c1-9-13(20-15(16)17-9)14(19)18-12-8-4-6-10-5-2-3-7-11(10)12/h2-8H,1H3,(H2,16,17)(H,18,19). The fourth-order valence-corrected chi connectivity index (χ4v) is 2.87. The average molecular weight is 283 g/mol. The predicted octanol–water partition coefficient (Wildman–Crippen LogP) is 3.44. The van der Waals surface area contributed by atoms with Crippen molar-refractivity contribution in [1.29, 1.82) is 0 Å². The van der Waals surface area contributed by atoms with Crippen LogP contribution in [0.25, 0.3) is 10.8 Å². The minimum Gasteiger partial charge on any atom is -0.375 e. The van der Waals surface area contributed by atoms with Crippen molar-refractivity contribution in [3.05, 3.63) is 53.0 Å². The SMILES string of the molecule is Cc1nc(N)sc1C(=O)Nc1cccc2ccccc12. The molecule has 1 amide bonds. The Morgan fingerprint density at radius 2 is 1.95 bits per heavy atom. The number of anilines is 2. The first kappa shape index (κ1) is 12.6. The molecular weight excluding hydrogens is 270 g/mol. The Bertz CT molecular complexity index is 789. The van der Waals surface area contributed by atoms with E-state index < -0.39 is 0 Å². The van der Waals surface area contributed by atoms with E-state index >= 15 is 0 Å². The molecule has 0 saturated carbocycles. The summed E-state index contributed by atoms with van der Waals surface area (Å²) < 4.78 is 0. The molecule has 0 atom stereocenters. The molecule has 0 unspecified atom stereocenters. The van der Waals surface area contributed by atoms with Crippen molar-refractivity contribution in [3.8, 4) is 0 Å². The van der Waals surface area contributed by atoms with Gasteiger partial charge in [-0.1, -0.05) is 47.7 Å². The molecule has 1 aromatic heterocycles. The van der Waals surface area contributed by atoms with Crippen LogP contribution in [0, 0.1) is 6.92 Å². The largest absolute Gasteiger partial charge is 0.375 e. The zero-order valence-corrected chi connectivity index (χ0v) is 11.7. The van der Waals surface area contributed by atoms with Gasteiger partial charge in [0.15, 0.2) is 5.13 Å². The van der Waals surface area contributed by atoms with Crippen molar-refractivity contribution in [2.24, 2.45) is 0 Å². The molecule has 0 fully saturated rings. The molecule has 5 heteroatoms. The van der Waals surface area contributed by atoms with Crippen LogP contribution in [0.4, 0.5) is 10.8 Å². The summed E-state index contributed by atoms with van der Waals surface area (Å²) in [5.74, 6) is -0.173. The number of carbonyl (C=O) groups excluding carboxylic acids is 1. The van der Waals surface area contributed by atoms with E-state index in [4.69, 9.17) is 5.73 Å². The van der Waals surface area contributed by atoms with Crippen LogP contribution in [-0.4, -0.2) is 10.9 Å². The Balaban J connectivity index is 1.97. The summed E-state index contributed by atoms with van der Waals surface area (Å²) in [4.78, 5) is 16.9. The smallest absolute Gasteiger partial charge is 0.267 e. The van der Waals surface area contributed by atoms with Crippen LogP contribution in [0.1, 0.15) is 15.4 Å². The summed E-state index contributed by atoms with van der Waals surface area (Å²) >= 11 is 1.20. The number of nitrogen functional groups attached to an aromatic ring is 1. The van der Waals surface area contributed by atoms with E-state index in [2.05, 4.69) is 10.3 Å². The fraction of sp³-hybridized carbons (Fsp3) is 0.0667. The number of fused-ring (bicyclic) bond motifs is 1. The number of nitrogens with two attached hydrogens (primary N) is 1. The molecule has 100 valence electrons. The second-order valence-corrected chi connectivity index (χ2v) is 5.48. The van der Waals surface area contributed by atoms with Crippen LogP contribution in [0.2, 0.25) is 0 Å². The van der Waals surface area contributed by atoms with E-state index in [9.17, 15) is 4.79 Å². The van der Waals surface area contributed by atoms with Gasteiger partial charge in [-0.2, -0.15) is 0 Å². The maximum Gasteiger partial charge on any atom is 0.267 e. The number of nitrogens with one attached hydrogen (secondary N) is 1. The molecule has 0 bridgehead atoms. The molecule has 0 aliphatic heterocycles. The van der Waals surface area contributed by atoms with Gasteiger partial charge in [0.25, 0.3) is 5.91 Å². The highest BCUT2D eigenvalue weighted by Crippen LogP contribution is 2.25. The molecule has 0 spiro atoms. The van der Waals surface area contributed by atoms with Crippen molar-refractivity contribution >= 4 is 38.8 Å². The van der Waals surface area contributed by atoms with Crippen molar-refractivity contribution in [3.63, 3.8) is 0 Å². The van der Waals surface area contributed by atoms with E-state index in [-0.39, 0.29) is 5.91 Å². The lowest BCUT2D eigenvalue weighted by Gasteiger charge is -2.07. The van der Waals surface area contributed by atoms with Gasteiger partial charge in [0.2, 0.25) is 0 Å². The van der Waals surface area contributed by atoms with Crippen molar-refractivity contribution < 1.29 is 4.79 Å². The predicted molar refractivity (Wildman–Crippen MR) is 83.2 cm³/mol. The van der Waals surface area contributed by atoms with Crippen LogP contribution in [0.15, 0.2) is 42.5 Å². The molecule has 0 saturated heterocycles. The van der Waals surface area contributed by atoms with Crippen LogP contribution in [0.3, 0.4) is 0 Å². The van der Waals surface area contributed by atoms with E-state index in [1.807, 2.05) is 42.5 Å². The zero-order valence-electron chi connectivity index (χ0n) is 10.9. The highest BCUT2D eigenvalue weighted by molar-refractivity contribution is 7.17. The number of benzene rings is 2.